The van der Waals surface area contributed by atoms with Crippen molar-refractivity contribution in [3.63, 3.8) is 0 Å². The fourth-order valence-corrected chi connectivity index (χ4v) is 6.30. The predicted octanol–water partition coefficient (Wildman–Crippen LogP) is 5.56. The highest BCUT2D eigenvalue weighted by Gasteiger charge is 2.50. The van der Waals surface area contributed by atoms with E-state index < -0.39 is 12.2 Å². The van der Waals surface area contributed by atoms with Crippen molar-refractivity contribution in [1.29, 1.82) is 0 Å². The number of rotatable bonds is 4. The van der Waals surface area contributed by atoms with Crippen molar-refractivity contribution < 1.29 is 10.2 Å². The van der Waals surface area contributed by atoms with Crippen LogP contribution in [-0.2, 0) is 0 Å². The van der Waals surface area contributed by atoms with Gasteiger partial charge in [0.1, 0.15) is 0 Å². The average molecular weight is 359 g/mol. The Morgan fingerprint density at radius 3 is 2.54 bits per heavy atom. The highest BCUT2D eigenvalue weighted by molar-refractivity contribution is 5.29. The molecule has 146 valence electrons. The van der Waals surface area contributed by atoms with E-state index in [4.69, 9.17) is 0 Å². The molecule has 2 nitrogen and oxygen atoms in total. The first-order chi connectivity index (χ1) is 12.4. The van der Waals surface area contributed by atoms with E-state index in [-0.39, 0.29) is 0 Å². The molecule has 2 N–H and O–H groups in total. The topological polar surface area (TPSA) is 40.5 Å². The highest BCUT2D eigenvalue weighted by atomic mass is 16.3. The first kappa shape index (κ1) is 19.9. The molecule has 26 heavy (non-hydrogen) atoms. The molecule has 3 saturated carbocycles. The van der Waals surface area contributed by atoms with Gasteiger partial charge in [0.15, 0.2) is 0 Å². The maximum atomic E-state index is 10.1. The van der Waals surface area contributed by atoms with Crippen LogP contribution in [0.5, 0.6) is 0 Å². The molecule has 0 amide bonds. The summed E-state index contributed by atoms with van der Waals surface area (Å²) in [6.07, 6.45) is 13.9. The van der Waals surface area contributed by atoms with Gasteiger partial charge in [-0.1, -0.05) is 63.5 Å². The zero-order valence-corrected chi connectivity index (χ0v) is 17.0. The van der Waals surface area contributed by atoms with E-state index in [0.29, 0.717) is 23.8 Å². The zero-order valence-electron chi connectivity index (χ0n) is 17.0. The molecule has 0 heterocycles. The first-order valence-electron chi connectivity index (χ1n) is 10.8. The number of aliphatic hydroxyl groups excluding tert-OH is 2. The molecule has 0 aromatic carbocycles. The minimum absolute atomic E-state index is 0.469. The Kier molecular flexibility index (Phi) is 6.14. The summed E-state index contributed by atoms with van der Waals surface area (Å²) in [7, 11) is 0. The quantitative estimate of drug-likeness (QED) is 0.646. The molecule has 0 aromatic heterocycles. The average Bonchev–Trinajstić information content (AvgIpc) is 2.95. The summed E-state index contributed by atoms with van der Waals surface area (Å²) in [4.78, 5) is 0. The van der Waals surface area contributed by atoms with Crippen molar-refractivity contribution in [2.45, 2.75) is 90.8 Å². The summed E-state index contributed by atoms with van der Waals surface area (Å²) in [5.74, 6) is 2.43. The Bertz CT molecular complexity index is 571. The third kappa shape index (κ3) is 3.73. The van der Waals surface area contributed by atoms with E-state index in [0.717, 1.165) is 23.3 Å². The molecule has 3 rings (SSSR count). The Hall–Kier alpha value is -0.860. The van der Waals surface area contributed by atoms with Crippen molar-refractivity contribution in [3.8, 4) is 0 Å². The predicted molar refractivity (Wildman–Crippen MR) is 109 cm³/mol. The van der Waals surface area contributed by atoms with E-state index in [1.165, 1.54) is 44.9 Å². The fourth-order valence-electron chi connectivity index (χ4n) is 6.30. The van der Waals surface area contributed by atoms with E-state index in [9.17, 15) is 10.2 Å². The second-order valence-electron chi connectivity index (χ2n) is 9.44. The molecule has 0 bridgehead atoms. The van der Waals surface area contributed by atoms with Crippen LogP contribution in [0.2, 0.25) is 0 Å². The minimum Gasteiger partial charge on any atom is -0.388 e. The van der Waals surface area contributed by atoms with Crippen LogP contribution in [0.15, 0.2) is 35.5 Å². The van der Waals surface area contributed by atoms with E-state index in [2.05, 4.69) is 39.5 Å². The minimum atomic E-state index is -0.592. The molecule has 3 aliphatic rings. The van der Waals surface area contributed by atoms with Crippen molar-refractivity contribution in [2.75, 3.05) is 0 Å². The van der Waals surface area contributed by atoms with Gasteiger partial charge in [-0.15, -0.1) is 0 Å². The summed E-state index contributed by atoms with van der Waals surface area (Å²) in [5, 5.41) is 20.1. The summed E-state index contributed by atoms with van der Waals surface area (Å²) in [6.45, 7) is 11.1. The Morgan fingerprint density at radius 2 is 1.88 bits per heavy atom. The van der Waals surface area contributed by atoms with Crippen LogP contribution in [0.3, 0.4) is 0 Å². The van der Waals surface area contributed by atoms with E-state index in [1.807, 2.05) is 0 Å². The summed E-state index contributed by atoms with van der Waals surface area (Å²) >= 11 is 0. The summed E-state index contributed by atoms with van der Waals surface area (Å²) in [6, 6.07) is 0. The van der Waals surface area contributed by atoms with Crippen molar-refractivity contribution >= 4 is 0 Å². The molecule has 3 aliphatic carbocycles. The molecule has 3 fully saturated rings. The molecule has 1 unspecified atom stereocenters. The number of fused-ring (bicyclic) bond motifs is 1. The van der Waals surface area contributed by atoms with Crippen molar-refractivity contribution in [3.05, 3.63) is 35.5 Å². The lowest BCUT2D eigenvalue weighted by Gasteiger charge is -2.44. The normalized spacial score (nSPS) is 40.6. The molecule has 0 spiro atoms. The van der Waals surface area contributed by atoms with E-state index >= 15 is 0 Å². The second kappa shape index (κ2) is 8.02. The zero-order chi connectivity index (χ0) is 18.9. The lowest BCUT2D eigenvalue weighted by Crippen LogP contribution is -2.36. The summed E-state index contributed by atoms with van der Waals surface area (Å²) in [5.41, 5.74) is 3.82. The van der Waals surface area contributed by atoms with Crippen LogP contribution in [0.4, 0.5) is 0 Å². The molecular formula is C24H38O2. The highest BCUT2D eigenvalue weighted by Crippen LogP contribution is 2.59. The SMILES string of the molecule is C=C1[C@H](O)CC(=CC=C2CCC[C@]3(C)C([C@@H](C)CCC)CC[C@@H]23)C[C@H]1O. The van der Waals surface area contributed by atoms with Gasteiger partial charge in [0.05, 0.1) is 12.2 Å². The lowest BCUT2D eigenvalue weighted by molar-refractivity contribution is 0.0940. The van der Waals surface area contributed by atoms with Gasteiger partial charge in [0, 0.05) is 0 Å². The number of hydrogen-bond acceptors (Lipinski definition) is 2. The first-order valence-corrected chi connectivity index (χ1v) is 10.8. The van der Waals surface area contributed by atoms with Gasteiger partial charge in [0.25, 0.3) is 0 Å². The monoisotopic (exact) mass is 358 g/mol. The second-order valence-corrected chi connectivity index (χ2v) is 9.44. The van der Waals surface area contributed by atoms with Gasteiger partial charge in [-0.2, -0.15) is 0 Å². The molecule has 0 radical (unpaired) electrons. The third-order valence-corrected chi connectivity index (χ3v) is 7.77. The van der Waals surface area contributed by atoms with Crippen molar-refractivity contribution in [2.24, 2.45) is 23.2 Å². The molecule has 0 saturated heterocycles. The maximum absolute atomic E-state index is 10.1. The van der Waals surface area contributed by atoms with Gasteiger partial charge in [-0.05, 0) is 73.7 Å². The van der Waals surface area contributed by atoms with Crippen LogP contribution in [0, 0.1) is 23.2 Å². The Morgan fingerprint density at radius 1 is 1.19 bits per heavy atom. The van der Waals surface area contributed by atoms with Crippen LogP contribution in [-0.4, -0.2) is 22.4 Å². The number of hydrogen-bond donors (Lipinski definition) is 2. The summed E-state index contributed by atoms with van der Waals surface area (Å²) < 4.78 is 0. The van der Waals surface area contributed by atoms with Gasteiger partial charge in [-0.25, -0.2) is 0 Å². The van der Waals surface area contributed by atoms with Gasteiger partial charge >= 0.3 is 0 Å². The van der Waals surface area contributed by atoms with E-state index in [1.54, 1.807) is 5.57 Å². The number of aliphatic hydroxyl groups is 2. The van der Waals surface area contributed by atoms with Gasteiger partial charge in [0.2, 0.25) is 0 Å². The van der Waals surface area contributed by atoms with Crippen LogP contribution in [0.1, 0.15) is 78.6 Å². The Labute approximate surface area is 160 Å². The van der Waals surface area contributed by atoms with Crippen LogP contribution < -0.4 is 0 Å². The van der Waals surface area contributed by atoms with Crippen LogP contribution >= 0.6 is 0 Å². The largest absolute Gasteiger partial charge is 0.388 e. The fraction of sp³-hybridized carbons (Fsp3) is 0.750. The molecule has 0 aliphatic heterocycles. The standard InChI is InChI=1S/C24H38O2/c1-5-7-16(2)20-11-12-21-19(8-6-13-24(20,21)4)10-9-18-14-22(25)17(3)23(26)15-18/h9-10,16,20-23,25-26H,3,5-8,11-15H2,1-2,4H3/t16-,20?,21-,22+,23+,24+/m0/s1. The lowest BCUT2D eigenvalue weighted by atomic mass is 9.61. The Balaban J connectivity index is 1.76. The molecular weight excluding hydrogens is 320 g/mol. The van der Waals surface area contributed by atoms with Gasteiger partial charge in [-0.3, -0.25) is 0 Å². The van der Waals surface area contributed by atoms with Gasteiger partial charge < -0.3 is 10.2 Å². The maximum Gasteiger partial charge on any atom is 0.0809 e. The molecule has 6 atom stereocenters. The van der Waals surface area contributed by atoms with Crippen LogP contribution in [0.25, 0.3) is 0 Å². The van der Waals surface area contributed by atoms with Crippen molar-refractivity contribution in [1.82, 2.24) is 0 Å². The third-order valence-electron chi connectivity index (χ3n) is 7.77. The smallest absolute Gasteiger partial charge is 0.0809 e. The molecule has 2 heteroatoms. The number of allylic oxidation sites excluding steroid dienone is 3. The molecule has 0 aromatic rings.